The number of halogens is 3. The molecule has 0 fully saturated rings. The first kappa shape index (κ1) is 19.3. The van der Waals surface area contributed by atoms with Gasteiger partial charge in [-0.25, -0.2) is 13.6 Å². The summed E-state index contributed by atoms with van der Waals surface area (Å²) in [4.78, 5) is 7.75. The molecule has 0 spiro atoms. The molecule has 0 bridgehead atoms. The van der Waals surface area contributed by atoms with Crippen molar-refractivity contribution >= 4 is 15.4 Å². The fraction of sp³-hybridized carbons (Fsp3) is 0.438. The third-order valence-electron chi connectivity index (χ3n) is 3.47. The van der Waals surface area contributed by atoms with Crippen LogP contribution in [0.25, 0.3) is 17.0 Å². The van der Waals surface area contributed by atoms with Gasteiger partial charge in [0.05, 0.1) is 21.0 Å². The van der Waals surface area contributed by atoms with E-state index >= 15 is 0 Å². The highest BCUT2D eigenvalue weighted by Gasteiger charge is 2.38. The highest BCUT2D eigenvalue weighted by atomic mass is 32.2. The van der Waals surface area contributed by atoms with Crippen molar-refractivity contribution in [1.82, 2.24) is 19.5 Å². The molecule has 3 heterocycles. The zero-order valence-corrected chi connectivity index (χ0v) is 16.1. The van der Waals surface area contributed by atoms with Crippen LogP contribution in [0.5, 0.6) is 0 Å². The quantitative estimate of drug-likeness (QED) is 0.649. The van der Waals surface area contributed by atoms with Gasteiger partial charge in [-0.15, -0.1) is 0 Å². The summed E-state index contributed by atoms with van der Waals surface area (Å²) < 4.78 is 61.6. The van der Waals surface area contributed by atoms with Crippen molar-refractivity contribution in [1.29, 1.82) is 0 Å². The van der Waals surface area contributed by atoms with E-state index in [0.29, 0.717) is 16.4 Å². The Hall–Kier alpha value is -2.43. The van der Waals surface area contributed by atoms with Crippen LogP contribution in [0.4, 0.5) is 13.2 Å². The Morgan fingerprint density at radius 1 is 1.19 bits per heavy atom. The minimum absolute atomic E-state index is 0.225. The van der Waals surface area contributed by atoms with Gasteiger partial charge < -0.3 is 4.52 Å². The van der Waals surface area contributed by atoms with Crippen molar-refractivity contribution in [3.8, 4) is 11.4 Å². The molecule has 1 unspecified atom stereocenters. The molecule has 27 heavy (non-hydrogen) atoms. The zero-order chi connectivity index (χ0) is 20.2. The second-order valence-corrected chi connectivity index (χ2v) is 9.31. The number of aryl methyl sites for hydroxylation is 1. The maximum Gasteiger partial charge on any atom is 0.471 e. The zero-order valence-electron chi connectivity index (χ0n) is 15.3. The number of aromatic nitrogens is 4. The molecule has 0 aliphatic carbocycles. The lowest BCUT2D eigenvalue weighted by molar-refractivity contribution is -0.159. The highest BCUT2D eigenvalue weighted by molar-refractivity contribution is 7.93. The predicted molar refractivity (Wildman–Crippen MR) is 92.7 cm³/mol. The van der Waals surface area contributed by atoms with Gasteiger partial charge >= 0.3 is 12.1 Å². The highest BCUT2D eigenvalue weighted by Crippen LogP contribution is 2.30. The van der Waals surface area contributed by atoms with Gasteiger partial charge in [-0.3, -0.25) is 4.40 Å². The molecule has 3 rings (SSSR count). The molecule has 0 radical (unpaired) electrons. The van der Waals surface area contributed by atoms with Crippen molar-refractivity contribution < 1.29 is 21.9 Å². The molecule has 11 heteroatoms. The Labute approximate surface area is 153 Å². The van der Waals surface area contributed by atoms with E-state index in [1.54, 1.807) is 17.4 Å². The number of alkyl halides is 3. The molecule has 0 aromatic carbocycles. The Kier molecular flexibility index (Phi) is 4.33. The minimum atomic E-state index is -4.73. The van der Waals surface area contributed by atoms with E-state index in [9.17, 15) is 17.4 Å². The molecular formula is C16H18F3N5O2S. The van der Waals surface area contributed by atoms with Crippen LogP contribution in [0.3, 0.4) is 0 Å². The molecule has 0 aliphatic heterocycles. The fourth-order valence-corrected chi connectivity index (χ4v) is 4.99. The van der Waals surface area contributed by atoms with Gasteiger partial charge in [0.25, 0.3) is 0 Å². The van der Waals surface area contributed by atoms with Crippen LogP contribution in [0.1, 0.15) is 32.4 Å². The first-order valence-corrected chi connectivity index (χ1v) is 9.83. The fourth-order valence-electron chi connectivity index (χ4n) is 2.75. The molecule has 7 nitrogen and oxygen atoms in total. The number of pyridine rings is 1. The molecule has 1 atom stereocenters. The lowest BCUT2D eigenvalue weighted by Crippen LogP contribution is -2.15. The molecule has 0 N–H and O–H groups in total. The monoisotopic (exact) mass is 401 g/mol. The summed E-state index contributed by atoms with van der Waals surface area (Å²) in [6.07, 6.45) is -1.73. The first-order chi connectivity index (χ1) is 12.3. The predicted octanol–water partition coefficient (Wildman–Crippen LogP) is 3.97. The third-order valence-corrected chi connectivity index (χ3v) is 5.58. The van der Waals surface area contributed by atoms with Gasteiger partial charge in [-0.05, 0) is 39.8 Å². The van der Waals surface area contributed by atoms with Crippen LogP contribution in [0, 0.1) is 6.92 Å². The molecule has 0 aliphatic rings. The largest absolute Gasteiger partial charge is 0.471 e. The van der Waals surface area contributed by atoms with Crippen molar-refractivity contribution in [2.45, 2.75) is 44.4 Å². The number of hydrogen-bond donors (Lipinski definition) is 0. The van der Waals surface area contributed by atoms with Gasteiger partial charge in [0.15, 0.2) is 0 Å². The molecule has 0 saturated carbocycles. The number of rotatable bonds is 2. The van der Waals surface area contributed by atoms with Gasteiger partial charge in [-0.1, -0.05) is 5.16 Å². The number of imidazole rings is 1. The summed E-state index contributed by atoms with van der Waals surface area (Å²) in [7, 11) is -2.82. The van der Waals surface area contributed by atoms with Crippen molar-refractivity contribution in [3.05, 3.63) is 29.9 Å². The van der Waals surface area contributed by atoms with E-state index in [1.165, 1.54) is 18.5 Å². The van der Waals surface area contributed by atoms with E-state index in [-0.39, 0.29) is 11.4 Å². The van der Waals surface area contributed by atoms with Gasteiger partial charge in [0.1, 0.15) is 10.7 Å². The van der Waals surface area contributed by atoms with Gasteiger partial charge in [0, 0.05) is 18.0 Å². The van der Waals surface area contributed by atoms with Crippen molar-refractivity contribution in [2.24, 2.45) is 4.36 Å². The molecule has 3 aromatic rings. The SMILES string of the molecule is Cc1nc2ccc(-c3noc(C(F)(F)F)n3)cn2c1S(C)(=O)=NC(C)(C)C. The second-order valence-electron chi connectivity index (χ2n) is 7.13. The van der Waals surface area contributed by atoms with Gasteiger partial charge in [0.2, 0.25) is 5.82 Å². The summed E-state index contributed by atoms with van der Waals surface area (Å²) in [6.45, 7) is 7.20. The number of fused-ring (bicyclic) bond motifs is 1. The third kappa shape index (κ3) is 3.82. The maximum absolute atomic E-state index is 13.3. The summed E-state index contributed by atoms with van der Waals surface area (Å²) in [6, 6.07) is 3.11. The lowest BCUT2D eigenvalue weighted by Gasteiger charge is -2.15. The van der Waals surface area contributed by atoms with Crippen LogP contribution in [0.2, 0.25) is 0 Å². The Morgan fingerprint density at radius 3 is 2.41 bits per heavy atom. The number of nitrogens with zero attached hydrogens (tertiary/aromatic N) is 5. The summed E-state index contributed by atoms with van der Waals surface area (Å²) in [5.74, 6) is -1.65. The molecule has 3 aromatic heterocycles. The Balaban J connectivity index is 2.20. The maximum atomic E-state index is 13.3. The van der Waals surface area contributed by atoms with E-state index in [2.05, 4.69) is 24.0 Å². The Bertz CT molecular complexity index is 1130. The van der Waals surface area contributed by atoms with Crippen LogP contribution < -0.4 is 0 Å². The normalized spacial score (nSPS) is 15.1. The lowest BCUT2D eigenvalue weighted by atomic mass is 10.1. The van der Waals surface area contributed by atoms with Crippen LogP contribution >= 0.6 is 0 Å². The van der Waals surface area contributed by atoms with E-state index in [1.807, 2.05) is 20.8 Å². The molecule has 146 valence electrons. The van der Waals surface area contributed by atoms with Gasteiger partial charge in [-0.2, -0.15) is 18.2 Å². The molecule has 0 amide bonds. The standard InChI is InChI=1S/C16H18F3N5O2S/c1-9-13(27(5,25)23-15(2,3)4)24-8-10(6-7-11(24)20-9)12-21-14(26-22-12)16(17,18)19/h6-8H,1-5H3. The molecular weight excluding hydrogens is 383 g/mol. The Morgan fingerprint density at radius 2 is 1.85 bits per heavy atom. The van der Waals surface area contributed by atoms with E-state index < -0.39 is 27.3 Å². The van der Waals surface area contributed by atoms with Crippen LogP contribution in [-0.2, 0) is 15.9 Å². The second kappa shape index (κ2) is 6.04. The smallest absolute Gasteiger partial charge is 0.329 e. The average Bonchev–Trinajstić information content (AvgIpc) is 3.06. The summed E-state index contributed by atoms with van der Waals surface area (Å²) in [5.41, 5.74) is 0.738. The number of hydrogen-bond acceptors (Lipinski definition) is 6. The van der Waals surface area contributed by atoms with Crippen LogP contribution in [-0.4, -0.2) is 35.5 Å². The average molecular weight is 401 g/mol. The first-order valence-electron chi connectivity index (χ1n) is 7.91. The molecule has 0 saturated heterocycles. The topological polar surface area (TPSA) is 85.6 Å². The summed E-state index contributed by atoms with van der Waals surface area (Å²) >= 11 is 0. The van der Waals surface area contributed by atoms with E-state index in [4.69, 9.17) is 0 Å². The van der Waals surface area contributed by atoms with Crippen LogP contribution in [0.15, 0.2) is 32.2 Å². The van der Waals surface area contributed by atoms with E-state index in [0.717, 1.165) is 0 Å². The van der Waals surface area contributed by atoms with Crippen molar-refractivity contribution in [3.63, 3.8) is 0 Å². The van der Waals surface area contributed by atoms with Crippen molar-refractivity contribution in [2.75, 3.05) is 6.26 Å². The minimum Gasteiger partial charge on any atom is -0.329 e. The summed E-state index contributed by atoms with van der Waals surface area (Å²) in [5, 5.41) is 3.77.